The number of ether oxygens (including phenoxy) is 1. The van der Waals surface area contributed by atoms with Crippen molar-refractivity contribution in [2.24, 2.45) is 0 Å². The first-order valence-corrected chi connectivity index (χ1v) is 12.1. The largest absolute Gasteiger partial charge is 0.415 e. The van der Waals surface area contributed by atoms with Gasteiger partial charge in [0.2, 0.25) is 5.89 Å². The molecule has 0 aliphatic carbocycles. The van der Waals surface area contributed by atoms with Crippen molar-refractivity contribution < 1.29 is 21.5 Å². The molecule has 0 aliphatic heterocycles. The molecule has 2 heterocycles. The average molecular weight is 514 g/mol. The van der Waals surface area contributed by atoms with Crippen molar-refractivity contribution in [2.75, 3.05) is 20.8 Å². The Morgan fingerprint density at radius 2 is 1.67 bits per heavy atom. The third kappa shape index (κ3) is 7.19. The molecule has 10 heteroatoms. The summed E-state index contributed by atoms with van der Waals surface area (Å²) in [6, 6.07) is 16.4. The number of nitrogens with zero attached hydrogens (tertiary/aromatic N) is 4. The van der Waals surface area contributed by atoms with Crippen molar-refractivity contribution in [1.82, 2.24) is 25.5 Å². The molecule has 36 heavy (non-hydrogen) atoms. The highest BCUT2D eigenvalue weighted by Crippen LogP contribution is 2.29. The summed E-state index contributed by atoms with van der Waals surface area (Å²) in [7, 11) is 3.66. The molecule has 9 nitrogen and oxygen atoms in total. The lowest BCUT2D eigenvalue weighted by Crippen LogP contribution is -2.04. The van der Waals surface area contributed by atoms with Crippen LogP contribution in [0.25, 0.3) is 34.3 Å². The minimum absolute atomic E-state index is 0. The monoisotopic (exact) mass is 513 g/mol. The van der Waals surface area contributed by atoms with Gasteiger partial charge in [-0.05, 0) is 50.2 Å². The van der Waals surface area contributed by atoms with E-state index in [4.69, 9.17) is 14.1 Å². The SMILES string of the molecule is CNCc1ccc(-c2nnc(-c3nc(-c4ccc(SC(C)CCOC)cc4)cnc3C)o2)cc1.O.O.[HH]. The van der Waals surface area contributed by atoms with Gasteiger partial charge in [0.05, 0.1) is 17.6 Å². The smallest absolute Gasteiger partial charge is 0.268 e. The molecule has 0 radical (unpaired) electrons. The number of rotatable bonds is 10. The van der Waals surface area contributed by atoms with Crippen molar-refractivity contribution in [3.63, 3.8) is 0 Å². The van der Waals surface area contributed by atoms with Crippen LogP contribution in [0.15, 0.2) is 64.0 Å². The number of aromatic nitrogens is 4. The summed E-state index contributed by atoms with van der Waals surface area (Å²) in [6.07, 6.45) is 2.79. The van der Waals surface area contributed by atoms with Crippen LogP contribution in [0.5, 0.6) is 0 Å². The Hall–Kier alpha value is -3.15. The van der Waals surface area contributed by atoms with Crippen LogP contribution in [0.1, 0.15) is 26.0 Å². The van der Waals surface area contributed by atoms with E-state index in [0.29, 0.717) is 22.7 Å². The maximum Gasteiger partial charge on any atom is 0.268 e. The van der Waals surface area contributed by atoms with E-state index in [-0.39, 0.29) is 12.4 Å². The van der Waals surface area contributed by atoms with E-state index in [2.05, 4.69) is 51.7 Å². The van der Waals surface area contributed by atoms with Crippen molar-refractivity contribution in [2.45, 2.75) is 37.0 Å². The second-order valence-corrected chi connectivity index (χ2v) is 9.58. The molecule has 0 aliphatic rings. The molecule has 1 unspecified atom stereocenters. The summed E-state index contributed by atoms with van der Waals surface area (Å²) in [5, 5.41) is 12.1. The van der Waals surface area contributed by atoms with Gasteiger partial charge in [0.25, 0.3) is 5.89 Å². The molecule has 194 valence electrons. The second-order valence-electron chi connectivity index (χ2n) is 8.06. The van der Waals surface area contributed by atoms with E-state index in [9.17, 15) is 0 Å². The number of nitrogens with one attached hydrogen (secondary N) is 1. The molecule has 0 saturated heterocycles. The van der Waals surface area contributed by atoms with Crippen molar-refractivity contribution >= 4 is 11.8 Å². The third-order valence-electron chi connectivity index (χ3n) is 5.38. The van der Waals surface area contributed by atoms with Gasteiger partial charge in [-0.25, -0.2) is 4.98 Å². The third-order valence-corrected chi connectivity index (χ3v) is 6.56. The molecule has 0 amide bonds. The highest BCUT2D eigenvalue weighted by molar-refractivity contribution is 7.99. The molecule has 0 fully saturated rings. The van der Waals surface area contributed by atoms with E-state index in [1.165, 1.54) is 10.5 Å². The quantitative estimate of drug-likeness (QED) is 0.313. The van der Waals surface area contributed by atoms with Gasteiger partial charge in [-0.1, -0.05) is 31.2 Å². The first-order chi connectivity index (χ1) is 16.6. The zero-order valence-electron chi connectivity index (χ0n) is 20.9. The lowest BCUT2D eigenvalue weighted by molar-refractivity contribution is 0.195. The fourth-order valence-corrected chi connectivity index (χ4v) is 4.45. The minimum atomic E-state index is 0. The standard InChI is InChI=1S/C26H29N5O2S.2H2O.H2/c1-17(13-14-32-4)34-22-11-9-20(10-12-22)23-16-28-18(2)24(29-23)26-31-30-25(33-26)21-7-5-19(6-8-21)15-27-3;;;/h5-12,16-17,27H,13-15H2,1-4H3;2*1H2;1H. The van der Waals surface area contributed by atoms with Crippen LogP contribution in [0.2, 0.25) is 0 Å². The maximum absolute atomic E-state index is 5.97. The Morgan fingerprint density at radius 1 is 1.00 bits per heavy atom. The number of hydrogen-bond acceptors (Lipinski definition) is 8. The Labute approximate surface area is 216 Å². The zero-order chi connectivity index (χ0) is 23.9. The van der Waals surface area contributed by atoms with Gasteiger partial charge < -0.3 is 25.4 Å². The number of aryl methyl sites for hydroxylation is 1. The Morgan fingerprint density at radius 3 is 2.33 bits per heavy atom. The molecule has 4 rings (SSSR count). The molecule has 5 N–H and O–H groups in total. The van der Waals surface area contributed by atoms with Crippen LogP contribution in [0.4, 0.5) is 0 Å². The first kappa shape index (κ1) is 29.1. The number of thioether (sulfide) groups is 1. The van der Waals surface area contributed by atoms with E-state index < -0.39 is 0 Å². The van der Waals surface area contributed by atoms with E-state index in [1.807, 2.05) is 50.0 Å². The van der Waals surface area contributed by atoms with E-state index in [1.54, 1.807) is 13.3 Å². The van der Waals surface area contributed by atoms with Crippen molar-refractivity contribution in [3.05, 3.63) is 66.0 Å². The van der Waals surface area contributed by atoms with Gasteiger partial charge in [0.1, 0.15) is 5.69 Å². The van der Waals surface area contributed by atoms with Crippen LogP contribution < -0.4 is 5.32 Å². The van der Waals surface area contributed by atoms with Crippen molar-refractivity contribution in [1.29, 1.82) is 0 Å². The average Bonchev–Trinajstić information content (AvgIpc) is 3.34. The van der Waals surface area contributed by atoms with Crippen LogP contribution in [-0.2, 0) is 11.3 Å². The first-order valence-electron chi connectivity index (χ1n) is 11.2. The predicted octanol–water partition coefficient (Wildman–Crippen LogP) is 4.00. The van der Waals surface area contributed by atoms with Gasteiger partial charge in [-0.3, -0.25) is 4.98 Å². The predicted molar refractivity (Wildman–Crippen MR) is 145 cm³/mol. The highest BCUT2D eigenvalue weighted by atomic mass is 32.2. The Bertz CT molecular complexity index is 1220. The summed E-state index contributed by atoms with van der Waals surface area (Å²) < 4.78 is 11.1. The van der Waals surface area contributed by atoms with Gasteiger partial charge in [0.15, 0.2) is 0 Å². The minimum Gasteiger partial charge on any atom is -0.415 e. The topological polar surface area (TPSA) is 149 Å². The molecular weight excluding hydrogens is 478 g/mol. The molecule has 0 saturated carbocycles. The maximum atomic E-state index is 5.97. The van der Waals surface area contributed by atoms with Crippen LogP contribution in [0, 0.1) is 6.92 Å². The highest BCUT2D eigenvalue weighted by Gasteiger charge is 2.16. The summed E-state index contributed by atoms with van der Waals surface area (Å²) in [6.45, 7) is 5.69. The molecule has 1 atom stereocenters. The lowest BCUT2D eigenvalue weighted by atomic mass is 10.1. The van der Waals surface area contributed by atoms with E-state index >= 15 is 0 Å². The van der Waals surface area contributed by atoms with E-state index in [0.717, 1.165) is 42.1 Å². The van der Waals surface area contributed by atoms with Gasteiger partial charge in [0, 0.05) is 43.0 Å². The van der Waals surface area contributed by atoms with Gasteiger partial charge >= 0.3 is 0 Å². The van der Waals surface area contributed by atoms with Crippen LogP contribution in [-0.4, -0.2) is 57.1 Å². The molecule has 2 aromatic heterocycles. The fourth-order valence-electron chi connectivity index (χ4n) is 3.48. The van der Waals surface area contributed by atoms with Crippen LogP contribution >= 0.6 is 11.8 Å². The molecule has 0 spiro atoms. The fraction of sp³-hybridized carbons (Fsp3) is 0.308. The van der Waals surface area contributed by atoms with Crippen molar-refractivity contribution in [3.8, 4) is 34.3 Å². The molecule has 4 aromatic rings. The summed E-state index contributed by atoms with van der Waals surface area (Å²) in [4.78, 5) is 10.6. The zero-order valence-corrected chi connectivity index (χ0v) is 21.7. The summed E-state index contributed by atoms with van der Waals surface area (Å²) in [5.74, 6) is 0.821. The Balaban J connectivity index is 0.00000228. The number of methoxy groups -OCH3 is 1. The van der Waals surface area contributed by atoms with Crippen LogP contribution in [0.3, 0.4) is 0 Å². The molecule has 2 aromatic carbocycles. The second kappa shape index (κ2) is 13.8. The molecule has 0 bridgehead atoms. The number of hydrogen-bond donors (Lipinski definition) is 1. The van der Waals surface area contributed by atoms with Gasteiger partial charge in [-0.15, -0.1) is 22.0 Å². The normalized spacial score (nSPS) is 11.4. The number of benzene rings is 2. The Kier molecular flexibility index (Phi) is 11.2. The van der Waals surface area contributed by atoms with Gasteiger partial charge in [-0.2, -0.15) is 0 Å². The lowest BCUT2D eigenvalue weighted by Gasteiger charge is -2.11. The summed E-state index contributed by atoms with van der Waals surface area (Å²) in [5.41, 5.74) is 5.14. The molecular formula is C26H35N5O4S. The summed E-state index contributed by atoms with van der Waals surface area (Å²) >= 11 is 1.84.